The summed E-state index contributed by atoms with van der Waals surface area (Å²) in [4.78, 5) is 14.9. The third-order valence-electron chi connectivity index (χ3n) is 5.18. The number of piperazine rings is 1. The molecule has 9 heteroatoms. The number of aryl methyl sites for hydroxylation is 2. The molecule has 0 bridgehead atoms. The van der Waals surface area contributed by atoms with Gasteiger partial charge in [0.05, 0.1) is 22.3 Å². The predicted molar refractivity (Wildman–Crippen MR) is 108 cm³/mol. The standard InChI is InChI=1S/C19H25N7OS/c1-4-14-15(5-2)22-23-19(20-14)26-10-8-25(9-11-26)13(3)18-21-17(24-27-18)16-7-6-12-28-16/h6-7,12-13H,4-5,8-11H2,1-3H3. The monoisotopic (exact) mass is 399 g/mol. The van der Waals surface area contributed by atoms with Gasteiger partial charge in [0, 0.05) is 26.2 Å². The van der Waals surface area contributed by atoms with E-state index in [0.717, 1.165) is 61.2 Å². The summed E-state index contributed by atoms with van der Waals surface area (Å²) in [6, 6.07) is 4.08. The van der Waals surface area contributed by atoms with E-state index < -0.39 is 0 Å². The number of anilines is 1. The van der Waals surface area contributed by atoms with Gasteiger partial charge in [-0.1, -0.05) is 25.1 Å². The Morgan fingerprint density at radius 3 is 2.54 bits per heavy atom. The van der Waals surface area contributed by atoms with Gasteiger partial charge >= 0.3 is 0 Å². The third kappa shape index (κ3) is 3.77. The fourth-order valence-corrected chi connectivity index (χ4v) is 4.09. The Labute approximate surface area is 168 Å². The van der Waals surface area contributed by atoms with Crippen LogP contribution >= 0.6 is 11.3 Å². The summed E-state index contributed by atoms with van der Waals surface area (Å²) in [6.45, 7) is 9.80. The van der Waals surface area contributed by atoms with Crippen LogP contribution in [0.25, 0.3) is 10.7 Å². The average molecular weight is 400 g/mol. The van der Waals surface area contributed by atoms with Gasteiger partial charge < -0.3 is 9.42 Å². The van der Waals surface area contributed by atoms with Crippen LogP contribution in [0.4, 0.5) is 5.95 Å². The van der Waals surface area contributed by atoms with Crippen molar-refractivity contribution in [1.82, 2.24) is 30.2 Å². The van der Waals surface area contributed by atoms with Crippen LogP contribution in [0, 0.1) is 0 Å². The van der Waals surface area contributed by atoms with E-state index in [1.807, 2.05) is 17.5 Å². The zero-order valence-electron chi connectivity index (χ0n) is 16.5. The van der Waals surface area contributed by atoms with E-state index in [9.17, 15) is 0 Å². The first-order valence-electron chi connectivity index (χ1n) is 9.78. The van der Waals surface area contributed by atoms with Gasteiger partial charge in [0.15, 0.2) is 0 Å². The molecular weight excluding hydrogens is 374 g/mol. The molecule has 1 atom stereocenters. The smallest absolute Gasteiger partial charge is 0.245 e. The van der Waals surface area contributed by atoms with Gasteiger partial charge in [0.2, 0.25) is 17.7 Å². The molecule has 1 fully saturated rings. The minimum atomic E-state index is 0.0797. The van der Waals surface area contributed by atoms with Crippen molar-refractivity contribution < 1.29 is 4.52 Å². The number of aromatic nitrogens is 5. The highest BCUT2D eigenvalue weighted by atomic mass is 32.1. The lowest BCUT2D eigenvalue weighted by molar-refractivity contribution is 0.163. The second kappa shape index (κ2) is 8.32. The summed E-state index contributed by atoms with van der Waals surface area (Å²) in [7, 11) is 0. The Morgan fingerprint density at radius 2 is 1.86 bits per heavy atom. The molecule has 3 aromatic heterocycles. The number of nitrogens with zero attached hydrogens (tertiary/aromatic N) is 7. The Hall–Kier alpha value is -2.39. The van der Waals surface area contributed by atoms with E-state index in [1.54, 1.807) is 11.3 Å². The van der Waals surface area contributed by atoms with E-state index in [-0.39, 0.29) is 6.04 Å². The van der Waals surface area contributed by atoms with Gasteiger partial charge in [-0.15, -0.1) is 16.4 Å². The van der Waals surface area contributed by atoms with Gasteiger partial charge in [-0.2, -0.15) is 10.1 Å². The van der Waals surface area contributed by atoms with Gasteiger partial charge in [-0.3, -0.25) is 4.90 Å². The molecule has 0 aromatic carbocycles. The maximum Gasteiger partial charge on any atom is 0.245 e. The van der Waals surface area contributed by atoms with Crippen LogP contribution in [0.2, 0.25) is 0 Å². The summed E-state index contributed by atoms with van der Waals surface area (Å²) < 4.78 is 5.53. The Morgan fingerprint density at radius 1 is 1.07 bits per heavy atom. The van der Waals surface area contributed by atoms with Gasteiger partial charge in [-0.05, 0) is 31.2 Å². The van der Waals surface area contributed by atoms with Crippen molar-refractivity contribution in [1.29, 1.82) is 0 Å². The summed E-state index contributed by atoms with van der Waals surface area (Å²) in [5, 5.41) is 14.9. The zero-order chi connectivity index (χ0) is 19.5. The van der Waals surface area contributed by atoms with Crippen LogP contribution in [0.15, 0.2) is 22.0 Å². The molecule has 4 heterocycles. The van der Waals surface area contributed by atoms with E-state index in [0.29, 0.717) is 11.7 Å². The maximum absolute atomic E-state index is 5.53. The molecule has 1 aliphatic heterocycles. The molecule has 0 N–H and O–H groups in total. The lowest BCUT2D eigenvalue weighted by Crippen LogP contribution is -2.48. The molecule has 3 aromatic rings. The highest BCUT2D eigenvalue weighted by Crippen LogP contribution is 2.26. The van der Waals surface area contributed by atoms with Crippen molar-refractivity contribution in [3.8, 4) is 10.7 Å². The van der Waals surface area contributed by atoms with Crippen molar-refractivity contribution in [3.63, 3.8) is 0 Å². The fraction of sp³-hybridized carbons (Fsp3) is 0.526. The largest absolute Gasteiger partial charge is 0.337 e. The highest BCUT2D eigenvalue weighted by molar-refractivity contribution is 7.13. The lowest BCUT2D eigenvalue weighted by atomic mass is 10.2. The highest BCUT2D eigenvalue weighted by Gasteiger charge is 2.27. The molecule has 1 unspecified atom stereocenters. The van der Waals surface area contributed by atoms with E-state index in [1.165, 1.54) is 0 Å². The van der Waals surface area contributed by atoms with Crippen molar-refractivity contribution in [2.75, 3.05) is 31.1 Å². The van der Waals surface area contributed by atoms with Crippen LogP contribution in [-0.4, -0.2) is 56.4 Å². The number of thiophene rings is 1. The van der Waals surface area contributed by atoms with E-state index >= 15 is 0 Å². The fourth-order valence-electron chi connectivity index (χ4n) is 3.44. The molecule has 0 radical (unpaired) electrons. The number of hydrogen-bond acceptors (Lipinski definition) is 9. The second-order valence-electron chi connectivity index (χ2n) is 6.84. The van der Waals surface area contributed by atoms with Crippen LogP contribution in [0.5, 0.6) is 0 Å². The number of hydrogen-bond donors (Lipinski definition) is 0. The molecule has 0 amide bonds. The first-order chi connectivity index (χ1) is 13.7. The minimum Gasteiger partial charge on any atom is -0.337 e. The number of rotatable bonds is 6. The van der Waals surface area contributed by atoms with Gasteiger partial charge in [-0.25, -0.2) is 4.98 Å². The molecule has 8 nitrogen and oxygen atoms in total. The van der Waals surface area contributed by atoms with Crippen molar-refractivity contribution >= 4 is 17.3 Å². The van der Waals surface area contributed by atoms with Crippen LogP contribution in [0.1, 0.15) is 44.1 Å². The quantitative estimate of drug-likeness (QED) is 0.625. The molecule has 28 heavy (non-hydrogen) atoms. The third-order valence-corrected chi connectivity index (χ3v) is 6.05. The Bertz CT molecular complexity index is 903. The van der Waals surface area contributed by atoms with Crippen molar-refractivity contribution in [2.24, 2.45) is 0 Å². The summed E-state index contributed by atoms with van der Waals surface area (Å²) in [5.41, 5.74) is 2.05. The summed E-state index contributed by atoms with van der Waals surface area (Å²) in [5.74, 6) is 2.06. The summed E-state index contributed by atoms with van der Waals surface area (Å²) >= 11 is 1.61. The maximum atomic E-state index is 5.53. The SMILES string of the molecule is CCc1nnc(N2CCN(C(C)c3nc(-c4cccs4)no3)CC2)nc1CC. The average Bonchev–Trinajstić information content (AvgIpc) is 3.44. The molecular formula is C19H25N7OS. The first kappa shape index (κ1) is 18.9. The Kier molecular flexibility index (Phi) is 5.63. The second-order valence-corrected chi connectivity index (χ2v) is 7.79. The zero-order valence-corrected chi connectivity index (χ0v) is 17.3. The minimum absolute atomic E-state index is 0.0797. The van der Waals surface area contributed by atoms with Gasteiger partial charge in [0.1, 0.15) is 0 Å². The molecule has 148 valence electrons. The lowest BCUT2D eigenvalue weighted by Gasteiger charge is -2.36. The molecule has 0 saturated carbocycles. The Balaban J connectivity index is 1.40. The van der Waals surface area contributed by atoms with E-state index in [4.69, 9.17) is 9.51 Å². The van der Waals surface area contributed by atoms with Crippen molar-refractivity contribution in [3.05, 3.63) is 34.8 Å². The molecule has 0 aliphatic carbocycles. The van der Waals surface area contributed by atoms with Crippen LogP contribution in [0.3, 0.4) is 0 Å². The topological polar surface area (TPSA) is 84.1 Å². The van der Waals surface area contributed by atoms with Crippen LogP contribution < -0.4 is 4.90 Å². The summed E-state index contributed by atoms with van der Waals surface area (Å²) in [6.07, 6.45) is 1.75. The molecule has 1 aliphatic rings. The molecule has 4 rings (SSSR count). The van der Waals surface area contributed by atoms with Crippen molar-refractivity contribution in [2.45, 2.75) is 39.7 Å². The molecule has 1 saturated heterocycles. The first-order valence-corrected chi connectivity index (χ1v) is 10.7. The molecule has 0 spiro atoms. The van der Waals surface area contributed by atoms with Gasteiger partial charge in [0.25, 0.3) is 0 Å². The normalized spacial score (nSPS) is 16.5. The van der Waals surface area contributed by atoms with E-state index in [2.05, 4.69) is 50.9 Å². The van der Waals surface area contributed by atoms with Crippen LogP contribution in [-0.2, 0) is 12.8 Å². The predicted octanol–water partition coefficient (Wildman–Crippen LogP) is 2.99.